The summed E-state index contributed by atoms with van der Waals surface area (Å²) < 4.78 is 1.98. The first kappa shape index (κ1) is 16.3. The SMILES string of the molecule is CN1C(=O)CC(C)(c2ccc3c(cnn3Cc3ccccc3)c2)N=C1N. The second-order valence-corrected chi connectivity index (χ2v) is 6.93. The van der Waals surface area contributed by atoms with Gasteiger partial charge in [-0.05, 0) is 30.2 Å². The third-order valence-electron chi connectivity index (χ3n) is 5.01. The molecule has 0 bridgehead atoms. The molecule has 26 heavy (non-hydrogen) atoms. The zero-order valence-electron chi connectivity index (χ0n) is 14.9. The molecule has 1 aliphatic rings. The second kappa shape index (κ2) is 5.98. The summed E-state index contributed by atoms with van der Waals surface area (Å²) in [7, 11) is 1.65. The Labute approximate surface area is 151 Å². The summed E-state index contributed by atoms with van der Waals surface area (Å²) in [6, 6.07) is 16.3. The molecule has 1 aliphatic heterocycles. The predicted octanol–water partition coefficient (Wildman–Crippen LogP) is 2.48. The smallest absolute Gasteiger partial charge is 0.231 e. The van der Waals surface area contributed by atoms with E-state index in [4.69, 9.17) is 5.73 Å². The van der Waals surface area contributed by atoms with Crippen molar-refractivity contribution < 1.29 is 4.79 Å². The summed E-state index contributed by atoms with van der Waals surface area (Å²) in [5.41, 5.74) is 8.49. The van der Waals surface area contributed by atoms with Gasteiger partial charge >= 0.3 is 0 Å². The van der Waals surface area contributed by atoms with E-state index >= 15 is 0 Å². The number of carbonyl (C=O) groups excluding carboxylic acids is 1. The van der Waals surface area contributed by atoms with Crippen LogP contribution in [-0.4, -0.2) is 33.6 Å². The zero-order valence-corrected chi connectivity index (χ0v) is 14.9. The van der Waals surface area contributed by atoms with Crippen molar-refractivity contribution in [3.05, 3.63) is 65.9 Å². The number of aromatic nitrogens is 2. The van der Waals surface area contributed by atoms with Crippen LogP contribution in [0.2, 0.25) is 0 Å². The first-order valence-corrected chi connectivity index (χ1v) is 8.58. The van der Waals surface area contributed by atoms with Crippen molar-refractivity contribution in [2.24, 2.45) is 10.7 Å². The summed E-state index contributed by atoms with van der Waals surface area (Å²) in [5.74, 6) is 0.225. The lowest BCUT2D eigenvalue weighted by atomic mass is 9.87. The molecule has 6 heteroatoms. The van der Waals surface area contributed by atoms with Crippen molar-refractivity contribution in [1.29, 1.82) is 0 Å². The Bertz CT molecular complexity index is 1010. The molecule has 132 valence electrons. The summed E-state index contributed by atoms with van der Waals surface area (Å²) in [6.45, 7) is 2.66. The van der Waals surface area contributed by atoms with Crippen molar-refractivity contribution in [2.45, 2.75) is 25.4 Å². The van der Waals surface area contributed by atoms with Gasteiger partial charge in [0, 0.05) is 12.4 Å². The predicted molar refractivity (Wildman–Crippen MR) is 102 cm³/mol. The summed E-state index contributed by atoms with van der Waals surface area (Å²) in [6.07, 6.45) is 2.16. The highest BCUT2D eigenvalue weighted by atomic mass is 16.2. The molecule has 4 rings (SSSR count). The van der Waals surface area contributed by atoms with Crippen LogP contribution in [0.4, 0.5) is 0 Å². The molecule has 3 aromatic rings. The van der Waals surface area contributed by atoms with Gasteiger partial charge < -0.3 is 5.73 Å². The molecule has 0 saturated carbocycles. The Morgan fingerprint density at radius 3 is 2.69 bits per heavy atom. The summed E-state index contributed by atoms with van der Waals surface area (Å²) in [5, 5.41) is 5.55. The molecular formula is C20H21N5O. The van der Waals surface area contributed by atoms with Crippen molar-refractivity contribution >= 4 is 22.8 Å². The van der Waals surface area contributed by atoms with Crippen LogP contribution in [0.3, 0.4) is 0 Å². The van der Waals surface area contributed by atoms with Gasteiger partial charge in [0.25, 0.3) is 0 Å². The monoisotopic (exact) mass is 347 g/mol. The maximum atomic E-state index is 12.2. The topological polar surface area (TPSA) is 76.5 Å². The van der Waals surface area contributed by atoms with Crippen LogP contribution in [0, 0.1) is 0 Å². The summed E-state index contributed by atoms with van der Waals surface area (Å²) in [4.78, 5) is 18.2. The number of nitrogens with zero attached hydrogens (tertiary/aromatic N) is 4. The highest BCUT2D eigenvalue weighted by Gasteiger charge is 2.36. The number of rotatable bonds is 3. The van der Waals surface area contributed by atoms with Crippen LogP contribution < -0.4 is 5.73 Å². The number of amides is 1. The molecule has 2 aromatic carbocycles. The maximum absolute atomic E-state index is 12.2. The van der Waals surface area contributed by atoms with Gasteiger partial charge in [0.2, 0.25) is 5.91 Å². The van der Waals surface area contributed by atoms with Crippen molar-refractivity contribution in [1.82, 2.24) is 14.7 Å². The number of hydrogen-bond donors (Lipinski definition) is 1. The molecular weight excluding hydrogens is 326 g/mol. The van der Waals surface area contributed by atoms with Gasteiger partial charge in [0.1, 0.15) is 0 Å². The average Bonchev–Trinajstić information content (AvgIpc) is 3.03. The molecule has 0 aliphatic carbocycles. The van der Waals surface area contributed by atoms with E-state index in [2.05, 4.69) is 28.3 Å². The lowest BCUT2D eigenvalue weighted by Gasteiger charge is -2.33. The molecule has 1 aromatic heterocycles. The standard InChI is InChI=1S/C20H21N5O/c1-20(11-18(26)24(2)19(21)23-20)16-8-9-17-15(10-16)12-22-25(17)13-14-6-4-3-5-7-14/h3-10,12H,11,13H2,1-2H3,(H2,21,23). The average molecular weight is 347 g/mol. The normalized spacial score (nSPS) is 20.5. The maximum Gasteiger partial charge on any atom is 0.231 e. The van der Waals surface area contributed by atoms with Gasteiger partial charge in [-0.25, -0.2) is 4.99 Å². The third-order valence-corrected chi connectivity index (χ3v) is 5.01. The van der Waals surface area contributed by atoms with Gasteiger partial charge in [0.05, 0.1) is 30.2 Å². The minimum Gasteiger partial charge on any atom is -0.369 e. The Balaban J connectivity index is 1.70. The van der Waals surface area contributed by atoms with Crippen LogP contribution >= 0.6 is 0 Å². The number of hydrogen-bond acceptors (Lipinski definition) is 4. The molecule has 1 unspecified atom stereocenters. The third kappa shape index (κ3) is 2.73. The van der Waals surface area contributed by atoms with E-state index in [1.54, 1.807) is 7.05 Å². The first-order chi connectivity index (χ1) is 12.5. The highest BCUT2D eigenvalue weighted by molar-refractivity contribution is 5.99. The Morgan fingerprint density at radius 2 is 1.96 bits per heavy atom. The van der Waals surface area contributed by atoms with Crippen LogP contribution in [0.15, 0.2) is 59.7 Å². The molecule has 0 fully saturated rings. The first-order valence-electron chi connectivity index (χ1n) is 8.58. The highest BCUT2D eigenvalue weighted by Crippen LogP contribution is 2.34. The van der Waals surface area contributed by atoms with E-state index in [0.29, 0.717) is 6.42 Å². The lowest BCUT2D eigenvalue weighted by molar-refractivity contribution is -0.128. The van der Waals surface area contributed by atoms with E-state index in [0.717, 1.165) is 23.0 Å². The van der Waals surface area contributed by atoms with Crippen molar-refractivity contribution in [3.63, 3.8) is 0 Å². The second-order valence-electron chi connectivity index (χ2n) is 6.93. The molecule has 2 heterocycles. The lowest BCUT2D eigenvalue weighted by Crippen LogP contribution is -2.47. The van der Waals surface area contributed by atoms with Crippen LogP contribution in [0.1, 0.15) is 24.5 Å². The van der Waals surface area contributed by atoms with E-state index < -0.39 is 5.54 Å². The fourth-order valence-corrected chi connectivity index (χ4v) is 3.38. The van der Waals surface area contributed by atoms with Gasteiger partial charge in [-0.3, -0.25) is 14.4 Å². The van der Waals surface area contributed by atoms with E-state index in [1.165, 1.54) is 10.5 Å². The molecule has 2 N–H and O–H groups in total. The molecule has 1 amide bonds. The Kier molecular flexibility index (Phi) is 3.76. The molecule has 1 atom stereocenters. The van der Waals surface area contributed by atoms with E-state index in [9.17, 15) is 4.79 Å². The van der Waals surface area contributed by atoms with Crippen LogP contribution in [0.25, 0.3) is 10.9 Å². The van der Waals surface area contributed by atoms with E-state index in [-0.39, 0.29) is 11.9 Å². The van der Waals surface area contributed by atoms with Gasteiger partial charge in [-0.2, -0.15) is 5.10 Å². The Hall–Kier alpha value is -3.15. The van der Waals surface area contributed by atoms with Gasteiger partial charge in [0.15, 0.2) is 5.96 Å². The van der Waals surface area contributed by atoms with Crippen LogP contribution in [0.5, 0.6) is 0 Å². The molecule has 0 radical (unpaired) electrons. The van der Waals surface area contributed by atoms with Gasteiger partial charge in [-0.1, -0.05) is 36.4 Å². The number of fused-ring (bicyclic) bond motifs is 1. The zero-order chi connectivity index (χ0) is 18.3. The van der Waals surface area contributed by atoms with Gasteiger partial charge in [-0.15, -0.1) is 0 Å². The molecule has 0 spiro atoms. The fourth-order valence-electron chi connectivity index (χ4n) is 3.38. The quantitative estimate of drug-likeness (QED) is 0.791. The molecule has 6 nitrogen and oxygen atoms in total. The van der Waals surface area contributed by atoms with Crippen molar-refractivity contribution in [3.8, 4) is 0 Å². The fraction of sp³-hybridized carbons (Fsp3) is 0.250. The number of nitrogens with two attached hydrogens (primary N) is 1. The number of guanidine groups is 1. The Morgan fingerprint density at radius 1 is 1.19 bits per heavy atom. The van der Waals surface area contributed by atoms with E-state index in [1.807, 2.05) is 48.1 Å². The summed E-state index contributed by atoms with van der Waals surface area (Å²) >= 11 is 0. The number of benzene rings is 2. The minimum absolute atomic E-state index is 0.0279. The van der Waals surface area contributed by atoms with Crippen LogP contribution in [-0.2, 0) is 16.9 Å². The number of aliphatic imine (C=N–C) groups is 1. The largest absolute Gasteiger partial charge is 0.369 e. The number of carbonyl (C=O) groups is 1. The molecule has 0 saturated heterocycles. The van der Waals surface area contributed by atoms with Crippen molar-refractivity contribution in [2.75, 3.05) is 7.05 Å². The minimum atomic E-state index is -0.649.